The van der Waals surface area contributed by atoms with Crippen LogP contribution in [-0.4, -0.2) is 51.6 Å². The van der Waals surface area contributed by atoms with Gasteiger partial charge in [-0.2, -0.15) is 0 Å². The zero-order valence-electron chi connectivity index (χ0n) is 11.6. The minimum absolute atomic E-state index is 0.0281. The van der Waals surface area contributed by atoms with Crippen molar-refractivity contribution in [2.75, 3.05) is 36.4 Å². The fraction of sp³-hybridized carbons (Fsp3) is 0.615. The molecule has 1 aromatic heterocycles. The molecular weight excluding hydrogens is 280 g/mol. The largest absolute Gasteiger partial charge is 0.379 e. The van der Waals surface area contributed by atoms with Crippen LogP contribution in [0.25, 0.3) is 0 Å². The summed E-state index contributed by atoms with van der Waals surface area (Å²) in [6, 6.07) is 3.37. The summed E-state index contributed by atoms with van der Waals surface area (Å²) in [6.07, 6.45) is 4.03. The van der Waals surface area contributed by atoms with E-state index in [2.05, 4.69) is 4.98 Å². The predicted molar refractivity (Wildman–Crippen MR) is 76.2 cm³/mol. The van der Waals surface area contributed by atoms with E-state index >= 15 is 0 Å². The lowest BCUT2D eigenvalue weighted by atomic mass is 10.3. The number of pyridine rings is 1. The van der Waals surface area contributed by atoms with E-state index in [1.165, 1.54) is 4.31 Å². The molecule has 1 aliphatic rings. The molecule has 1 saturated heterocycles. The van der Waals surface area contributed by atoms with Crippen LogP contribution in [0.5, 0.6) is 0 Å². The van der Waals surface area contributed by atoms with Crippen LogP contribution in [0.2, 0.25) is 0 Å². The van der Waals surface area contributed by atoms with E-state index in [-0.39, 0.29) is 18.5 Å². The highest BCUT2D eigenvalue weighted by Crippen LogP contribution is 2.17. The molecule has 2 heterocycles. The Labute approximate surface area is 119 Å². The first-order valence-corrected chi connectivity index (χ1v) is 8.34. The van der Waals surface area contributed by atoms with Crippen molar-refractivity contribution >= 4 is 15.7 Å². The van der Waals surface area contributed by atoms with Gasteiger partial charge in [-0.3, -0.25) is 9.29 Å². The number of anilines is 1. The number of rotatable bonds is 7. The molecule has 0 saturated carbocycles. The maximum absolute atomic E-state index is 12.3. The molecule has 0 N–H and O–H groups in total. The van der Waals surface area contributed by atoms with E-state index in [0.717, 1.165) is 6.42 Å². The average molecular weight is 300 g/mol. The first-order valence-electron chi connectivity index (χ1n) is 6.73. The van der Waals surface area contributed by atoms with Crippen molar-refractivity contribution in [3.63, 3.8) is 0 Å². The van der Waals surface area contributed by atoms with Gasteiger partial charge in [0.25, 0.3) is 0 Å². The highest BCUT2D eigenvalue weighted by Gasteiger charge is 2.22. The molecule has 1 atom stereocenters. The van der Waals surface area contributed by atoms with Crippen molar-refractivity contribution in [3.8, 4) is 0 Å². The summed E-state index contributed by atoms with van der Waals surface area (Å²) in [4.78, 5) is 3.90. The maximum Gasteiger partial charge on any atom is 0.237 e. The lowest BCUT2D eigenvalue weighted by Crippen LogP contribution is -2.34. The molecule has 0 radical (unpaired) electrons. The molecule has 20 heavy (non-hydrogen) atoms. The Morgan fingerprint density at radius 2 is 2.20 bits per heavy atom. The Morgan fingerprint density at radius 1 is 1.45 bits per heavy atom. The van der Waals surface area contributed by atoms with Crippen LogP contribution in [0.1, 0.15) is 13.3 Å². The lowest BCUT2D eigenvalue weighted by Gasteiger charge is -2.23. The van der Waals surface area contributed by atoms with Crippen molar-refractivity contribution in [2.45, 2.75) is 19.4 Å². The minimum Gasteiger partial charge on any atom is -0.379 e. The van der Waals surface area contributed by atoms with Gasteiger partial charge in [-0.15, -0.1) is 0 Å². The number of sulfonamides is 1. The first kappa shape index (κ1) is 15.2. The third kappa shape index (κ3) is 3.91. The van der Waals surface area contributed by atoms with Crippen molar-refractivity contribution in [2.24, 2.45) is 0 Å². The topological polar surface area (TPSA) is 68.7 Å². The molecule has 2 rings (SSSR count). The van der Waals surface area contributed by atoms with Gasteiger partial charge in [-0.05, 0) is 25.5 Å². The van der Waals surface area contributed by atoms with E-state index < -0.39 is 10.0 Å². The van der Waals surface area contributed by atoms with Gasteiger partial charge in [0.1, 0.15) is 0 Å². The molecule has 0 bridgehead atoms. The van der Waals surface area contributed by atoms with Crippen molar-refractivity contribution in [3.05, 3.63) is 24.5 Å². The molecule has 0 aromatic carbocycles. The molecule has 1 fully saturated rings. The van der Waals surface area contributed by atoms with Gasteiger partial charge in [0.15, 0.2) is 0 Å². The van der Waals surface area contributed by atoms with Crippen molar-refractivity contribution < 1.29 is 17.9 Å². The molecule has 0 aliphatic carbocycles. The Hall–Kier alpha value is -1.18. The highest BCUT2D eigenvalue weighted by atomic mass is 32.2. The summed E-state index contributed by atoms with van der Waals surface area (Å²) < 4.78 is 36.8. The summed E-state index contributed by atoms with van der Waals surface area (Å²) in [5, 5.41) is 0. The van der Waals surface area contributed by atoms with Crippen LogP contribution in [0.3, 0.4) is 0 Å². The lowest BCUT2D eigenvalue weighted by molar-refractivity contribution is 0.0519. The molecule has 1 aromatic rings. The summed E-state index contributed by atoms with van der Waals surface area (Å²) in [5.74, 6) is -0.0281. The molecule has 7 heteroatoms. The summed E-state index contributed by atoms with van der Waals surface area (Å²) in [6.45, 7) is 3.64. The van der Waals surface area contributed by atoms with Gasteiger partial charge in [0.2, 0.25) is 10.0 Å². The van der Waals surface area contributed by atoms with E-state index in [9.17, 15) is 8.42 Å². The minimum atomic E-state index is -3.38. The standard InChI is InChI=1S/C13H20N2O4S/c1-2-15(12-3-6-14-7-4-12)20(16,17)10-9-19-13-5-8-18-11-13/h3-4,6-7,13H,2,5,8-11H2,1H3/t13-/m0/s1. The van der Waals surface area contributed by atoms with Crippen molar-refractivity contribution in [1.29, 1.82) is 0 Å². The third-order valence-corrected chi connectivity index (χ3v) is 4.98. The third-order valence-electron chi connectivity index (χ3n) is 3.16. The number of aromatic nitrogens is 1. The zero-order chi connectivity index (χ0) is 14.4. The Bertz CT molecular complexity index is 500. The normalized spacial score (nSPS) is 19.1. The summed E-state index contributed by atoms with van der Waals surface area (Å²) in [7, 11) is -3.38. The molecular formula is C13H20N2O4S. The maximum atomic E-state index is 12.3. The van der Waals surface area contributed by atoms with Gasteiger partial charge >= 0.3 is 0 Å². The quantitative estimate of drug-likeness (QED) is 0.752. The smallest absolute Gasteiger partial charge is 0.237 e. The van der Waals surface area contributed by atoms with Crippen LogP contribution < -0.4 is 4.31 Å². The highest BCUT2D eigenvalue weighted by molar-refractivity contribution is 7.92. The van der Waals surface area contributed by atoms with Gasteiger partial charge in [0.05, 0.1) is 30.8 Å². The van der Waals surface area contributed by atoms with E-state index in [1.807, 2.05) is 6.92 Å². The Morgan fingerprint density at radius 3 is 2.80 bits per heavy atom. The average Bonchev–Trinajstić information content (AvgIpc) is 2.93. The van der Waals surface area contributed by atoms with Crippen LogP contribution >= 0.6 is 0 Å². The fourth-order valence-corrected chi connectivity index (χ4v) is 3.49. The van der Waals surface area contributed by atoms with E-state index in [4.69, 9.17) is 9.47 Å². The first-order chi connectivity index (χ1) is 9.63. The second-order valence-electron chi connectivity index (χ2n) is 4.54. The number of nitrogens with zero attached hydrogens (tertiary/aromatic N) is 2. The molecule has 0 amide bonds. The predicted octanol–water partition coefficient (Wildman–Crippen LogP) is 1.04. The van der Waals surface area contributed by atoms with Crippen LogP contribution in [0.15, 0.2) is 24.5 Å². The van der Waals surface area contributed by atoms with Gasteiger partial charge < -0.3 is 9.47 Å². The van der Waals surface area contributed by atoms with E-state index in [1.54, 1.807) is 24.5 Å². The summed E-state index contributed by atoms with van der Waals surface area (Å²) in [5.41, 5.74) is 0.631. The molecule has 1 aliphatic heterocycles. The van der Waals surface area contributed by atoms with E-state index in [0.29, 0.717) is 25.4 Å². The number of ether oxygens (including phenoxy) is 2. The SMILES string of the molecule is CCN(c1ccncc1)S(=O)(=O)CCO[C@H]1CCOC1. The van der Waals surface area contributed by atoms with Crippen LogP contribution in [0.4, 0.5) is 5.69 Å². The monoisotopic (exact) mass is 300 g/mol. The van der Waals surface area contributed by atoms with Gasteiger partial charge in [-0.1, -0.05) is 0 Å². The molecule has 0 unspecified atom stereocenters. The molecule has 112 valence electrons. The summed E-state index contributed by atoms with van der Waals surface area (Å²) >= 11 is 0. The second-order valence-corrected chi connectivity index (χ2v) is 6.56. The second kappa shape index (κ2) is 7.01. The van der Waals surface area contributed by atoms with Gasteiger partial charge in [0, 0.05) is 25.5 Å². The zero-order valence-corrected chi connectivity index (χ0v) is 12.4. The van der Waals surface area contributed by atoms with Crippen molar-refractivity contribution in [1.82, 2.24) is 4.98 Å². The molecule has 6 nitrogen and oxygen atoms in total. The van der Waals surface area contributed by atoms with Crippen LogP contribution in [-0.2, 0) is 19.5 Å². The molecule has 0 spiro atoms. The Balaban J connectivity index is 1.93. The number of hydrogen-bond acceptors (Lipinski definition) is 5. The van der Waals surface area contributed by atoms with Crippen LogP contribution in [0, 0.1) is 0 Å². The fourth-order valence-electron chi connectivity index (χ4n) is 2.12. The number of hydrogen-bond donors (Lipinski definition) is 0. The Kier molecular flexibility index (Phi) is 5.33. The van der Waals surface area contributed by atoms with Gasteiger partial charge in [-0.25, -0.2) is 8.42 Å².